The predicted molar refractivity (Wildman–Crippen MR) is 72.9 cm³/mol. The number of nitrogens with one attached hydrogen (secondary N) is 1. The largest absolute Gasteiger partial charge is 0.506 e. The lowest BCUT2D eigenvalue weighted by molar-refractivity contribution is -0.0494. The summed E-state index contributed by atoms with van der Waals surface area (Å²) in [6.07, 6.45) is 1.30. The van der Waals surface area contributed by atoms with E-state index in [4.69, 9.17) is 9.84 Å². The Morgan fingerprint density at radius 1 is 1.29 bits per heavy atom. The fraction of sp³-hybridized carbons (Fsp3) is 0.214. The third kappa shape index (κ3) is 4.20. The number of ether oxygens (including phenoxy) is 2. The highest BCUT2D eigenvalue weighted by Crippen LogP contribution is 2.30. The van der Waals surface area contributed by atoms with Gasteiger partial charge in [0.25, 0.3) is 0 Å². The molecule has 0 spiro atoms. The monoisotopic (exact) mass is 296 g/mol. The molecule has 1 aromatic carbocycles. The average Bonchev–Trinajstić information content (AvgIpc) is 2.47. The minimum atomic E-state index is -2.91. The number of methoxy groups -OCH3 is 1. The van der Waals surface area contributed by atoms with Crippen LogP contribution in [-0.2, 0) is 6.54 Å². The molecule has 7 heteroatoms. The van der Waals surface area contributed by atoms with Crippen LogP contribution in [0.3, 0.4) is 0 Å². The smallest absolute Gasteiger partial charge is 0.387 e. The van der Waals surface area contributed by atoms with Gasteiger partial charge in [-0.15, -0.1) is 0 Å². The van der Waals surface area contributed by atoms with Gasteiger partial charge in [0.15, 0.2) is 0 Å². The van der Waals surface area contributed by atoms with Gasteiger partial charge in [0.1, 0.15) is 17.2 Å². The van der Waals surface area contributed by atoms with Crippen LogP contribution in [-0.4, -0.2) is 23.8 Å². The van der Waals surface area contributed by atoms with Gasteiger partial charge in [-0.25, -0.2) is 0 Å². The fourth-order valence-electron chi connectivity index (χ4n) is 1.68. The second kappa shape index (κ2) is 6.74. The fourth-order valence-corrected chi connectivity index (χ4v) is 1.68. The van der Waals surface area contributed by atoms with Crippen LogP contribution >= 0.6 is 0 Å². The molecule has 0 aliphatic heterocycles. The van der Waals surface area contributed by atoms with Gasteiger partial charge in [-0.2, -0.15) is 8.78 Å². The van der Waals surface area contributed by atoms with E-state index >= 15 is 0 Å². The molecule has 2 rings (SSSR count). The SMILES string of the molecule is COc1ccc(OC(F)F)c(NCc2ccc(O)cn2)c1. The Bertz CT molecular complexity index is 591. The third-order valence-electron chi connectivity index (χ3n) is 2.67. The Morgan fingerprint density at radius 2 is 2.10 bits per heavy atom. The van der Waals surface area contributed by atoms with Crippen molar-refractivity contribution in [1.29, 1.82) is 0 Å². The summed E-state index contributed by atoms with van der Waals surface area (Å²) in [5, 5.41) is 12.1. The third-order valence-corrected chi connectivity index (χ3v) is 2.67. The van der Waals surface area contributed by atoms with Crippen LogP contribution in [0.15, 0.2) is 36.5 Å². The summed E-state index contributed by atoms with van der Waals surface area (Å²) < 4.78 is 34.2. The van der Waals surface area contributed by atoms with Crippen LogP contribution in [0.5, 0.6) is 17.2 Å². The maximum absolute atomic E-state index is 12.4. The quantitative estimate of drug-likeness (QED) is 0.858. The van der Waals surface area contributed by atoms with Gasteiger partial charge < -0.3 is 19.9 Å². The number of pyridine rings is 1. The van der Waals surface area contributed by atoms with Crippen molar-refractivity contribution in [3.05, 3.63) is 42.2 Å². The van der Waals surface area contributed by atoms with E-state index < -0.39 is 6.61 Å². The van der Waals surface area contributed by atoms with Crippen LogP contribution in [0.2, 0.25) is 0 Å². The van der Waals surface area contributed by atoms with Gasteiger partial charge in [-0.05, 0) is 24.3 Å². The Hall–Kier alpha value is -2.57. The average molecular weight is 296 g/mol. The zero-order valence-corrected chi connectivity index (χ0v) is 11.2. The van der Waals surface area contributed by atoms with Crippen molar-refractivity contribution >= 4 is 5.69 Å². The first-order chi connectivity index (χ1) is 10.1. The number of alkyl halides is 2. The van der Waals surface area contributed by atoms with Crippen LogP contribution in [0.1, 0.15) is 5.69 Å². The number of nitrogens with zero attached hydrogens (tertiary/aromatic N) is 1. The first-order valence-electron chi connectivity index (χ1n) is 6.09. The van der Waals surface area contributed by atoms with Crippen LogP contribution in [0.25, 0.3) is 0 Å². The second-order valence-corrected chi connectivity index (χ2v) is 4.10. The number of benzene rings is 1. The van der Waals surface area contributed by atoms with Crippen molar-refractivity contribution in [2.75, 3.05) is 12.4 Å². The minimum Gasteiger partial charge on any atom is -0.506 e. The van der Waals surface area contributed by atoms with Crippen LogP contribution in [0, 0.1) is 0 Å². The van der Waals surface area contributed by atoms with E-state index in [-0.39, 0.29) is 18.0 Å². The molecule has 0 amide bonds. The lowest BCUT2D eigenvalue weighted by atomic mass is 10.2. The highest BCUT2D eigenvalue weighted by atomic mass is 19.3. The van der Waals surface area contributed by atoms with Gasteiger partial charge in [0, 0.05) is 6.07 Å². The Labute approximate surface area is 120 Å². The predicted octanol–water partition coefficient (Wildman–Crippen LogP) is 3.01. The Balaban J connectivity index is 2.14. The molecule has 0 atom stereocenters. The second-order valence-electron chi connectivity index (χ2n) is 4.10. The standard InChI is InChI=1S/C14H14F2N2O3/c1-20-11-4-5-13(21-14(15)16)12(6-11)18-7-9-2-3-10(19)8-17-9/h2-6,8,14,18-19H,7H2,1H3. The summed E-state index contributed by atoms with van der Waals surface area (Å²) >= 11 is 0. The summed E-state index contributed by atoms with van der Waals surface area (Å²) in [6, 6.07) is 7.60. The summed E-state index contributed by atoms with van der Waals surface area (Å²) in [7, 11) is 1.48. The Kier molecular flexibility index (Phi) is 4.76. The summed E-state index contributed by atoms with van der Waals surface area (Å²) in [5.74, 6) is 0.587. The molecule has 2 N–H and O–H groups in total. The van der Waals surface area contributed by atoms with Gasteiger partial charge in [0.2, 0.25) is 0 Å². The molecule has 21 heavy (non-hydrogen) atoms. The highest BCUT2D eigenvalue weighted by molar-refractivity contribution is 5.59. The molecule has 1 heterocycles. The van der Waals surface area contributed by atoms with E-state index in [1.54, 1.807) is 12.1 Å². The van der Waals surface area contributed by atoms with E-state index in [1.165, 1.54) is 31.5 Å². The van der Waals surface area contributed by atoms with E-state index in [1.807, 2.05) is 0 Å². The van der Waals surface area contributed by atoms with E-state index in [0.29, 0.717) is 17.1 Å². The molecule has 0 bridgehead atoms. The molecule has 0 fully saturated rings. The van der Waals surface area contributed by atoms with Crippen molar-refractivity contribution in [2.45, 2.75) is 13.2 Å². The first-order valence-corrected chi connectivity index (χ1v) is 6.09. The van der Waals surface area contributed by atoms with E-state index in [2.05, 4.69) is 15.0 Å². The molecule has 112 valence electrons. The van der Waals surface area contributed by atoms with E-state index in [9.17, 15) is 8.78 Å². The first kappa shape index (κ1) is 14.8. The van der Waals surface area contributed by atoms with Crippen molar-refractivity contribution in [2.24, 2.45) is 0 Å². The van der Waals surface area contributed by atoms with Gasteiger partial charge in [0.05, 0.1) is 31.2 Å². The lowest BCUT2D eigenvalue weighted by Gasteiger charge is -2.13. The molecule has 0 saturated heterocycles. The van der Waals surface area contributed by atoms with Crippen LogP contribution in [0.4, 0.5) is 14.5 Å². The molecule has 0 aliphatic carbocycles. The number of hydrogen-bond acceptors (Lipinski definition) is 5. The van der Waals surface area contributed by atoms with Crippen molar-refractivity contribution in [1.82, 2.24) is 4.98 Å². The summed E-state index contributed by atoms with van der Waals surface area (Å²) in [4.78, 5) is 3.99. The molecule has 0 radical (unpaired) electrons. The van der Waals surface area contributed by atoms with Gasteiger partial charge in [-0.1, -0.05) is 0 Å². The topological polar surface area (TPSA) is 63.6 Å². The normalized spacial score (nSPS) is 10.5. The van der Waals surface area contributed by atoms with E-state index in [0.717, 1.165) is 0 Å². The number of rotatable bonds is 6. The zero-order chi connectivity index (χ0) is 15.2. The molecule has 1 aromatic heterocycles. The molecular formula is C14H14F2N2O3. The summed E-state index contributed by atoms with van der Waals surface area (Å²) in [5.41, 5.74) is 1.00. The maximum atomic E-state index is 12.4. The molecular weight excluding hydrogens is 282 g/mol. The van der Waals surface area contributed by atoms with Crippen molar-refractivity contribution in [3.63, 3.8) is 0 Å². The minimum absolute atomic E-state index is 0.0181. The number of aromatic hydroxyl groups is 1. The van der Waals surface area contributed by atoms with Crippen molar-refractivity contribution < 1.29 is 23.4 Å². The zero-order valence-electron chi connectivity index (χ0n) is 11.2. The van der Waals surface area contributed by atoms with Gasteiger partial charge in [-0.3, -0.25) is 4.98 Å². The Morgan fingerprint density at radius 3 is 2.71 bits per heavy atom. The molecule has 2 aromatic rings. The molecule has 0 aliphatic rings. The van der Waals surface area contributed by atoms with Gasteiger partial charge >= 0.3 is 6.61 Å². The molecule has 0 saturated carbocycles. The number of aromatic nitrogens is 1. The number of hydrogen-bond donors (Lipinski definition) is 2. The summed E-state index contributed by atoms with van der Waals surface area (Å²) in [6.45, 7) is -2.63. The lowest BCUT2D eigenvalue weighted by Crippen LogP contribution is -2.07. The van der Waals surface area contributed by atoms with Crippen molar-refractivity contribution in [3.8, 4) is 17.2 Å². The molecule has 5 nitrogen and oxygen atoms in total. The highest BCUT2D eigenvalue weighted by Gasteiger charge is 2.11. The maximum Gasteiger partial charge on any atom is 0.387 e. The van der Waals surface area contributed by atoms with Crippen LogP contribution < -0.4 is 14.8 Å². The number of halogens is 2. The molecule has 0 unspecified atom stereocenters. The number of anilines is 1.